The number of aliphatic imine (C=N–C) groups is 1. The third-order valence-electron chi connectivity index (χ3n) is 6.46. The summed E-state index contributed by atoms with van der Waals surface area (Å²) in [6.45, 7) is 8.36. The van der Waals surface area contributed by atoms with E-state index in [4.69, 9.17) is 13.9 Å². The van der Waals surface area contributed by atoms with Crippen LogP contribution in [-0.2, 0) is 15.9 Å². The van der Waals surface area contributed by atoms with Crippen molar-refractivity contribution >= 4 is 41.2 Å². The number of rotatable bonds is 8. The first-order valence-corrected chi connectivity index (χ1v) is 12.4. The number of nitrogens with one attached hydrogen (secondary N) is 1. The normalized spacial score (nSPS) is 16.2. The summed E-state index contributed by atoms with van der Waals surface area (Å²) in [6, 6.07) is 9.84. The van der Waals surface area contributed by atoms with Crippen molar-refractivity contribution in [2.45, 2.75) is 20.3 Å². The molecule has 2 aliphatic rings. The maximum absolute atomic E-state index is 12.7. The van der Waals surface area contributed by atoms with Crippen LogP contribution in [0.4, 0.5) is 17.4 Å². The second-order valence-corrected chi connectivity index (χ2v) is 8.95. The van der Waals surface area contributed by atoms with Gasteiger partial charge >= 0.3 is 5.97 Å². The van der Waals surface area contributed by atoms with Crippen LogP contribution in [0, 0.1) is 6.92 Å². The number of allylic oxidation sites excluding steroid dienone is 1. The highest BCUT2D eigenvalue weighted by Crippen LogP contribution is 2.39. The standard InChI is InChI=1S/C28H30N4O5/c1-3-36-28(34)24-25(33)23(16-20-17-30-26-21(20)5-4-9-29-26)37-27(24)31-22-7-6-19(15-18(22)2)8-10-32-11-13-35-14-12-32/h4-7,9,15-17,31,33H,3,8,10-14H2,1-2H3. The highest BCUT2D eigenvalue weighted by atomic mass is 16.5. The van der Waals surface area contributed by atoms with E-state index in [9.17, 15) is 9.90 Å². The Bertz CT molecular complexity index is 1350. The molecule has 0 bridgehead atoms. The summed E-state index contributed by atoms with van der Waals surface area (Å²) in [5.41, 5.74) is 4.47. The average molecular weight is 503 g/mol. The van der Waals surface area contributed by atoms with Crippen LogP contribution in [0.2, 0.25) is 0 Å². The van der Waals surface area contributed by atoms with Crippen LogP contribution >= 0.6 is 0 Å². The molecular formula is C28H30N4O5. The van der Waals surface area contributed by atoms with Gasteiger partial charge < -0.3 is 24.3 Å². The highest BCUT2D eigenvalue weighted by Gasteiger charge is 2.27. The number of aryl methyl sites for hydroxylation is 1. The van der Waals surface area contributed by atoms with Crippen LogP contribution in [0.5, 0.6) is 5.75 Å². The molecule has 9 nitrogen and oxygen atoms in total. The van der Waals surface area contributed by atoms with Gasteiger partial charge in [0.15, 0.2) is 22.9 Å². The number of anilines is 2. The van der Waals surface area contributed by atoms with E-state index in [1.807, 2.05) is 25.1 Å². The zero-order valence-electron chi connectivity index (χ0n) is 21.0. The molecule has 1 aromatic carbocycles. The van der Waals surface area contributed by atoms with E-state index in [0.717, 1.165) is 61.7 Å². The number of carbonyl (C=O) groups is 1. The van der Waals surface area contributed by atoms with Crippen LogP contribution in [0.1, 0.15) is 39.7 Å². The van der Waals surface area contributed by atoms with E-state index in [1.165, 1.54) is 5.56 Å². The molecule has 5 rings (SSSR count). The number of benzene rings is 1. The van der Waals surface area contributed by atoms with Crippen LogP contribution in [0.25, 0.3) is 11.6 Å². The second kappa shape index (κ2) is 11.0. The van der Waals surface area contributed by atoms with E-state index in [-0.39, 0.29) is 29.6 Å². The fourth-order valence-electron chi connectivity index (χ4n) is 4.46. The first-order valence-electron chi connectivity index (χ1n) is 12.4. The summed E-state index contributed by atoms with van der Waals surface area (Å²) >= 11 is 0. The predicted octanol–water partition coefficient (Wildman–Crippen LogP) is 4.74. The maximum Gasteiger partial charge on any atom is 0.347 e. The fourth-order valence-corrected chi connectivity index (χ4v) is 4.46. The van der Waals surface area contributed by atoms with Gasteiger partial charge in [0.05, 0.1) is 19.8 Å². The quantitative estimate of drug-likeness (QED) is 0.425. The minimum absolute atomic E-state index is 0.0501. The maximum atomic E-state index is 12.7. The average Bonchev–Trinajstić information content (AvgIpc) is 3.45. The Morgan fingerprint density at radius 2 is 2.11 bits per heavy atom. The minimum atomic E-state index is -0.669. The molecule has 2 N–H and O–H groups in total. The van der Waals surface area contributed by atoms with Crippen molar-refractivity contribution in [1.29, 1.82) is 0 Å². The van der Waals surface area contributed by atoms with Gasteiger partial charge in [-0.05, 0) is 55.7 Å². The summed E-state index contributed by atoms with van der Waals surface area (Å²) in [4.78, 5) is 23.7. The van der Waals surface area contributed by atoms with Gasteiger partial charge in [-0.2, -0.15) is 0 Å². The number of aromatic nitrogens is 1. The number of pyridine rings is 1. The lowest BCUT2D eigenvalue weighted by Crippen LogP contribution is -2.37. The largest absolute Gasteiger partial charge is 0.504 e. The Balaban J connectivity index is 1.40. The number of esters is 1. The van der Waals surface area contributed by atoms with E-state index < -0.39 is 5.97 Å². The van der Waals surface area contributed by atoms with Gasteiger partial charge in [0.25, 0.3) is 0 Å². The summed E-state index contributed by atoms with van der Waals surface area (Å²) in [5.74, 6) is -0.123. The zero-order chi connectivity index (χ0) is 25.8. The lowest BCUT2D eigenvalue weighted by molar-refractivity contribution is 0.0384. The van der Waals surface area contributed by atoms with Crippen LogP contribution in [0.15, 0.2) is 45.9 Å². The number of fused-ring (bicyclic) bond motifs is 1. The van der Waals surface area contributed by atoms with Gasteiger partial charge in [0, 0.05) is 48.9 Å². The van der Waals surface area contributed by atoms with E-state index in [2.05, 4.69) is 32.3 Å². The Morgan fingerprint density at radius 3 is 2.89 bits per heavy atom. The second-order valence-electron chi connectivity index (χ2n) is 8.95. The molecule has 0 aliphatic carbocycles. The number of aromatic hydroxyl groups is 1. The Labute approximate surface area is 215 Å². The lowest BCUT2D eigenvalue weighted by Gasteiger charge is -2.26. The SMILES string of the molecule is CCOC(=O)c1c(Nc2ccc(CCN3CCOCC3)cc2C)oc(C=C2C=Nc3ncccc32)c1O. The molecule has 0 radical (unpaired) electrons. The molecule has 0 atom stereocenters. The summed E-state index contributed by atoms with van der Waals surface area (Å²) in [6.07, 6.45) is 5.89. The zero-order valence-corrected chi connectivity index (χ0v) is 21.0. The van der Waals surface area contributed by atoms with Crippen LogP contribution in [0.3, 0.4) is 0 Å². The number of hydrogen-bond acceptors (Lipinski definition) is 9. The molecule has 2 aromatic heterocycles. The monoisotopic (exact) mass is 502 g/mol. The van der Waals surface area contributed by atoms with Crippen LogP contribution in [-0.4, -0.2) is 66.6 Å². The number of furan rings is 1. The molecule has 0 saturated carbocycles. The van der Waals surface area contributed by atoms with E-state index >= 15 is 0 Å². The molecule has 3 aromatic rings. The van der Waals surface area contributed by atoms with Crippen molar-refractivity contribution in [3.8, 4) is 5.75 Å². The fraction of sp³-hybridized carbons (Fsp3) is 0.321. The third-order valence-corrected chi connectivity index (χ3v) is 6.46. The first-order chi connectivity index (χ1) is 18.0. The van der Waals surface area contributed by atoms with Crippen molar-refractivity contribution in [3.05, 3.63) is 64.5 Å². The van der Waals surface area contributed by atoms with Crippen molar-refractivity contribution in [1.82, 2.24) is 9.88 Å². The van der Waals surface area contributed by atoms with Gasteiger partial charge in [-0.15, -0.1) is 0 Å². The third kappa shape index (κ3) is 5.42. The summed E-state index contributed by atoms with van der Waals surface area (Å²) < 4.78 is 16.6. The highest BCUT2D eigenvalue weighted by molar-refractivity contribution is 6.21. The molecule has 0 unspecified atom stereocenters. The molecule has 1 saturated heterocycles. The first kappa shape index (κ1) is 24.7. The molecule has 9 heteroatoms. The number of morpholine rings is 1. The number of hydrogen-bond donors (Lipinski definition) is 2. The Morgan fingerprint density at radius 1 is 1.27 bits per heavy atom. The predicted molar refractivity (Wildman–Crippen MR) is 142 cm³/mol. The van der Waals surface area contributed by atoms with Gasteiger partial charge in [-0.25, -0.2) is 14.8 Å². The molecular weight excluding hydrogens is 472 g/mol. The van der Waals surface area contributed by atoms with E-state index in [1.54, 1.807) is 25.4 Å². The molecule has 37 heavy (non-hydrogen) atoms. The molecule has 2 aliphatic heterocycles. The summed E-state index contributed by atoms with van der Waals surface area (Å²) in [5, 5.41) is 14.1. The Kier molecular flexibility index (Phi) is 7.34. The number of nitrogens with zero attached hydrogens (tertiary/aromatic N) is 3. The number of ether oxygens (including phenoxy) is 2. The minimum Gasteiger partial charge on any atom is -0.504 e. The molecule has 4 heterocycles. The topological polar surface area (TPSA) is 109 Å². The summed E-state index contributed by atoms with van der Waals surface area (Å²) in [7, 11) is 0. The number of carbonyl (C=O) groups excluding carboxylic acids is 1. The van der Waals surface area contributed by atoms with Gasteiger partial charge in [0.1, 0.15) is 0 Å². The molecule has 192 valence electrons. The van der Waals surface area contributed by atoms with Crippen LogP contribution < -0.4 is 5.32 Å². The van der Waals surface area contributed by atoms with Crippen molar-refractivity contribution in [2.75, 3.05) is 44.8 Å². The smallest absolute Gasteiger partial charge is 0.347 e. The molecule has 0 amide bonds. The lowest BCUT2D eigenvalue weighted by atomic mass is 10.1. The van der Waals surface area contributed by atoms with Gasteiger partial charge in [0.2, 0.25) is 5.88 Å². The van der Waals surface area contributed by atoms with Crippen molar-refractivity contribution < 1.29 is 23.8 Å². The van der Waals surface area contributed by atoms with Crippen molar-refractivity contribution in [3.63, 3.8) is 0 Å². The van der Waals surface area contributed by atoms with E-state index in [0.29, 0.717) is 5.82 Å². The Hall–Kier alpha value is -3.95. The van der Waals surface area contributed by atoms with Gasteiger partial charge in [-0.1, -0.05) is 12.1 Å². The molecule has 1 fully saturated rings. The van der Waals surface area contributed by atoms with Gasteiger partial charge in [-0.3, -0.25) is 4.90 Å². The van der Waals surface area contributed by atoms with Crippen molar-refractivity contribution in [2.24, 2.45) is 4.99 Å². The molecule has 0 spiro atoms.